The van der Waals surface area contributed by atoms with Gasteiger partial charge in [0, 0.05) is 30.8 Å². The van der Waals surface area contributed by atoms with Gasteiger partial charge in [-0.15, -0.1) is 0 Å². The summed E-state index contributed by atoms with van der Waals surface area (Å²) >= 11 is 0. The summed E-state index contributed by atoms with van der Waals surface area (Å²) in [6, 6.07) is 5.15. The molecule has 0 saturated carbocycles. The van der Waals surface area contributed by atoms with Gasteiger partial charge < -0.3 is 19.7 Å². The average molecular weight is 436 g/mol. The van der Waals surface area contributed by atoms with Crippen molar-refractivity contribution in [1.29, 1.82) is 0 Å². The number of piperidine rings is 1. The quantitative estimate of drug-likeness (QED) is 0.663. The van der Waals surface area contributed by atoms with Crippen LogP contribution in [0.2, 0.25) is 0 Å². The lowest BCUT2D eigenvalue weighted by Crippen LogP contribution is -2.38. The molecule has 2 aromatic rings. The Bertz CT molecular complexity index is 962. The molecule has 2 amide bonds. The summed E-state index contributed by atoms with van der Waals surface area (Å²) in [5.74, 6) is -4.10. The van der Waals surface area contributed by atoms with Crippen molar-refractivity contribution in [3.05, 3.63) is 53.3 Å². The van der Waals surface area contributed by atoms with Crippen molar-refractivity contribution in [2.45, 2.75) is 26.2 Å². The van der Waals surface area contributed by atoms with E-state index < -0.39 is 29.0 Å². The molecule has 9 heteroatoms. The minimum Gasteiger partial charge on any atom is -0.490 e. The fraction of sp³-hybridized carbons (Fsp3) is 0.364. The van der Waals surface area contributed by atoms with Crippen LogP contribution in [-0.2, 0) is 4.79 Å². The van der Waals surface area contributed by atoms with Gasteiger partial charge in [-0.3, -0.25) is 9.59 Å². The maximum atomic E-state index is 13.8. The van der Waals surface area contributed by atoms with Crippen molar-refractivity contribution >= 4 is 17.5 Å². The van der Waals surface area contributed by atoms with Crippen LogP contribution in [0.25, 0.3) is 0 Å². The highest BCUT2D eigenvalue weighted by molar-refractivity contribution is 6.04. The molecule has 0 unspecified atom stereocenters. The van der Waals surface area contributed by atoms with E-state index in [0.29, 0.717) is 25.2 Å². The van der Waals surface area contributed by atoms with Gasteiger partial charge >= 0.3 is 0 Å². The first kappa shape index (κ1) is 22.5. The van der Waals surface area contributed by atoms with Crippen LogP contribution in [0.3, 0.4) is 0 Å². The van der Waals surface area contributed by atoms with Gasteiger partial charge in [-0.25, -0.2) is 13.2 Å². The first-order valence-electron chi connectivity index (χ1n) is 10.0. The van der Waals surface area contributed by atoms with Crippen molar-refractivity contribution in [1.82, 2.24) is 4.90 Å². The lowest BCUT2D eigenvalue weighted by Gasteiger charge is -2.26. The summed E-state index contributed by atoms with van der Waals surface area (Å²) in [6.07, 6.45) is 3.05. The summed E-state index contributed by atoms with van der Waals surface area (Å²) < 4.78 is 51.3. The number of carbonyl (C=O) groups excluding carboxylic acids is 2. The molecule has 31 heavy (non-hydrogen) atoms. The minimum atomic E-state index is -1.35. The van der Waals surface area contributed by atoms with E-state index in [2.05, 4.69) is 5.32 Å². The molecule has 166 valence electrons. The smallest absolute Gasteiger partial charge is 0.260 e. The van der Waals surface area contributed by atoms with E-state index in [1.54, 1.807) is 11.8 Å². The van der Waals surface area contributed by atoms with Crippen LogP contribution < -0.4 is 14.8 Å². The fourth-order valence-corrected chi connectivity index (χ4v) is 3.22. The summed E-state index contributed by atoms with van der Waals surface area (Å²) in [5, 5.41) is 2.20. The van der Waals surface area contributed by atoms with Crippen molar-refractivity contribution in [3.8, 4) is 11.5 Å². The Morgan fingerprint density at radius 2 is 1.65 bits per heavy atom. The maximum absolute atomic E-state index is 13.8. The van der Waals surface area contributed by atoms with Crippen LogP contribution in [0.1, 0.15) is 36.5 Å². The lowest BCUT2D eigenvalue weighted by atomic mass is 10.1. The molecule has 0 atom stereocenters. The predicted molar refractivity (Wildman–Crippen MR) is 108 cm³/mol. The second kappa shape index (κ2) is 10.2. The standard InChI is InChI=1S/C22H23F3N2O4/c1-2-30-20-10-14(22(29)26-18-12-16(24)15(23)11-17(18)25)6-7-19(20)31-13-21(28)27-8-4-3-5-9-27/h6-7,10-12H,2-5,8-9,13H2,1H3,(H,26,29). The molecule has 1 aliphatic rings. The zero-order chi connectivity index (χ0) is 22.4. The molecule has 0 spiro atoms. The van der Waals surface area contributed by atoms with Crippen LogP contribution in [0.5, 0.6) is 11.5 Å². The first-order chi connectivity index (χ1) is 14.9. The van der Waals surface area contributed by atoms with Crippen molar-refractivity contribution in [2.24, 2.45) is 0 Å². The van der Waals surface area contributed by atoms with E-state index in [-0.39, 0.29) is 36.2 Å². The molecular weight excluding hydrogens is 413 g/mol. The highest BCUT2D eigenvalue weighted by Gasteiger charge is 2.19. The molecule has 0 bridgehead atoms. The SMILES string of the molecule is CCOc1cc(C(=O)Nc2cc(F)c(F)cc2F)ccc1OCC(=O)N1CCCCC1. The van der Waals surface area contributed by atoms with Crippen LogP contribution in [0.4, 0.5) is 18.9 Å². The molecule has 6 nitrogen and oxygen atoms in total. The Kier molecular flexibility index (Phi) is 7.38. The van der Waals surface area contributed by atoms with Gasteiger partial charge in [0.25, 0.3) is 11.8 Å². The molecule has 0 radical (unpaired) electrons. The number of halogens is 3. The number of anilines is 1. The Balaban J connectivity index is 1.71. The molecule has 1 saturated heterocycles. The molecule has 1 N–H and O–H groups in total. The zero-order valence-corrected chi connectivity index (χ0v) is 17.1. The molecule has 2 aromatic carbocycles. The van der Waals surface area contributed by atoms with Gasteiger partial charge in [0.15, 0.2) is 29.7 Å². The summed E-state index contributed by atoms with van der Waals surface area (Å²) in [6.45, 7) is 3.28. The van der Waals surface area contributed by atoms with Crippen LogP contribution in [-0.4, -0.2) is 43.0 Å². The van der Waals surface area contributed by atoms with Crippen LogP contribution >= 0.6 is 0 Å². The first-order valence-corrected chi connectivity index (χ1v) is 10.0. The number of likely N-dealkylation sites (tertiary alicyclic amines) is 1. The number of hydrogen-bond donors (Lipinski definition) is 1. The van der Waals surface area contributed by atoms with E-state index in [0.717, 1.165) is 19.3 Å². The molecule has 1 fully saturated rings. The van der Waals surface area contributed by atoms with E-state index in [4.69, 9.17) is 9.47 Å². The largest absolute Gasteiger partial charge is 0.490 e. The Morgan fingerprint density at radius 3 is 2.35 bits per heavy atom. The minimum absolute atomic E-state index is 0.0855. The molecule has 1 aliphatic heterocycles. The Labute approximate surface area is 177 Å². The second-order valence-corrected chi connectivity index (χ2v) is 7.02. The molecule has 0 aromatic heterocycles. The molecular formula is C22H23F3N2O4. The summed E-state index contributed by atoms with van der Waals surface area (Å²) in [7, 11) is 0. The van der Waals surface area contributed by atoms with Gasteiger partial charge in [0.2, 0.25) is 0 Å². The summed E-state index contributed by atoms with van der Waals surface area (Å²) in [4.78, 5) is 26.5. The number of benzene rings is 2. The number of nitrogens with zero attached hydrogens (tertiary/aromatic N) is 1. The third-order valence-corrected chi connectivity index (χ3v) is 4.82. The monoisotopic (exact) mass is 436 g/mol. The summed E-state index contributed by atoms with van der Waals surface area (Å²) in [5.41, 5.74) is -0.406. The normalized spacial score (nSPS) is 13.6. The number of nitrogens with one attached hydrogen (secondary N) is 1. The molecule has 0 aliphatic carbocycles. The van der Waals surface area contributed by atoms with Crippen molar-refractivity contribution in [3.63, 3.8) is 0 Å². The van der Waals surface area contributed by atoms with Gasteiger partial charge in [-0.2, -0.15) is 0 Å². The van der Waals surface area contributed by atoms with E-state index in [9.17, 15) is 22.8 Å². The van der Waals surface area contributed by atoms with E-state index >= 15 is 0 Å². The van der Waals surface area contributed by atoms with Gasteiger partial charge in [0.1, 0.15) is 5.82 Å². The third kappa shape index (κ3) is 5.68. The maximum Gasteiger partial charge on any atom is 0.260 e. The molecule has 1 heterocycles. The van der Waals surface area contributed by atoms with Crippen molar-refractivity contribution < 1.29 is 32.2 Å². The third-order valence-electron chi connectivity index (χ3n) is 4.82. The lowest BCUT2D eigenvalue weighted by molar-refractivity contribution is -0.134. The number of carbonyl (C=O) groups is 2. The van der Waals surface area contributed by atoms with Crippen LogP contribution in [0.15, 0.2) is 30.3 Å². The number of ether oxygens (including phenoxy) is 2. The zero-order valence-electron chi connectivity index (χ0n) is 17.1. The predicted octanol–water partition coefficient (Wildman–Crippen LogP) is 4.15. The second-order valence-electron chi connectivity index (χ2n) is 7.02. The number of rotatable bonds is 7. The van der Waals surface area contributed by atoms with Gasteiger partial charge in [0.05, 0.1) is 12.3 Å². The average Bonchev–Trinajstić information content (AvgIpc) is 2.77. The Hall–Kier alpha value is -3.23. The number of hydrogen-bond acceptors (Lipinski definition) is 4. The van der Waals surface area contributed by atoms with E-state index in [1.165, 1.54) is 18.2 Å². The molecule has 3 rings (SSSR count). The topological polar surface area (TPSA) is 67.9 Å². The highest BCUT2D eigenvalue weighted by atomic mass is 19.2. The van der Waals surface area contributed by atoms with Gasteiger partial charge in [-0.1, -0.05) is 0 Å². The van der Waals surface area contributed by atoms with Gasteiger partial charge in [-0.05, 0) is 44.4 Å². The highest BCUT2D eigenvalue weighted by Crippen LogP contribution is 2.29. The van der Waals surface area contributed by atoms with E-state index in [1.807, 2.05) is 0 Å². The van der Waals surface area contributed by atoms with Crippen LogP contribution in [0, 0.1) is 17.5 Å². The Morgan fingerprint density at radius 1 is 0.935 bits per heavy atom. The fourth-order valence-electron chi connectivity index (χ4n) is 3.22. The number of amides is 2. The van der Waals surface area contributed by atoms with Crippen molar-refractivity contribution in [2.75, 3.05) is 31.6 Å².